The predicted molar refractivity (Wildman–Crippen MR) is 132 cm³/mol. The highest BCUT2D eigenvalue weighted by molar-refractivity contribution is 5.95. The van der Waals surface area contributed by atoms with Gasteiger partial charge in [-0.15, -0.1) is 0 Å². The lowest BCUT2D eigenvalue weighted by atomic mass is 10.1. The van der Waals surface area contributed by atoms with Gasteiger partial charge in [0.1, 0.15) is 11.6 Å². The Bertz CT molecular complexity index is 1300. The zero-order chi connectivity index (χ0) is 24.1. The number of hydrogen-bond donors (Lipinski definition) is 1. The zero-order valence-corrected chi connectivity index (χ0v) is 19.9. The molecule has 0 bridgehead atoms. The van der Waals surface area contributed by atoms with E-state index in [1.54, 1.807) is 39.5 Å². The first-order chi connectivity index (χ1) is 16.6. The number of methoxy groups -OCH3 is 3. The molecule has 4 aromatic rings. The van der Waals surface area contributed by atoms with Crippen molar-refractivity contribution < 1.29 is 19.0 Å². The van der Waals surface area contributed by atoms with E-state index < -0.39 is 0 Å². The zero-order valence-electron chi connectivity index (χ0n) is 19.9. The number of rotatable bonds is 9. The standard InChI is InChI=1S/C27H29N3O4/c1-5-21(29-27(31)19-13-14-24(33-3)25(16-19)34-4)26-28-22-11-6-7-12-23(22)30(26)17-18-9-8-10-20(15-18)32-2/h6-16,21H,5,17H2,1-4H3,(H,29,31). The smallest absolute Gasteiger partial charge is 0.252 e. The number of amides is 1. The van der Waals surface area contributed by atoms with Crippen LogP contribution in [0, 0.1) is 0 Å². The first-order valence-electron chi connectivity index (χ1n) is 11.2. The topological polar surface area (TPSA) is 74.6 Å². The van der Waals surface area contributed by atoms with Gasteiger partial charge in [0, 0.05) is 12.1 Å². The minimum Gasteiger partial charge on any atom is -0.497 e. The van der Waals surface area contributed by atoms with E-state index in [-0.39, 0.29) is 11.9 Å². The molecule has 1 amide bonds. The maximum Gasteiger partial charge on any atom is 0.252 e. The van der Waals surface area contributed by atoms with Crippen molar-refractivity contribution in [2.75, 3.05) is 21.3 Å². The van der Waals surface area contributed by atoms with Crippen molar-refractivity contribution in [1.82, 2.24) is 14.9 Å². The first-order valence-corrected chi connectivity index (χ1v) is 11.2. The summed E-state index contributed by atoms with van der Waals surface area (Å²) in [6.45, 7) is 2.64. The van der Waals surface area contributed by atoms with Crippen LogP contribution < -0.4 is 19.5 Å². The number of imidazole rings is 1. The molecule has 0 saturated heterocycles. The summed E-state index contributed by atoms with van der Waals surface area (Å²) in [5, 5.41) is 3.15. The lowest BCUT2D eigenvalue weighted by Gasteiger charge is -2.19. The predicted octanol–water partition coefficient (Wildman–Crippen LogP) is 4.99. The van der Waals surface area contributed by atoms with Gasteiger partial charge < -0.3 is 24.1 Å². The second-order valence-corrected chi connectivity index (χ2v) is 7.90. The van der Waals surface area contributed by atoms with Crippen LogP contribution >= 0.6 is 0 Å². The van der Waals surface area contributed by atoms with Crippen LogP contribution in [-0.2, 0) is 6.54 Å². The SMILES string of the molecule is CCC(NC(=O)c1ccc(OC)c(OC)c1)c1nc2ccccc2n1Cc1cccc(OC)c1. The number of nitrogens with zero attached hydrogens (tertiary/aromatic N) is 2. The second kappa shape index (κ2) is 10.3. The number of ether oxygens (including phenoxy) is 3. The van der Waals surface area contributed by atoms with Crippen molar-refractivity contribution in [3.63, 3.8) is 0 Å². The van der Waals surface area contributed by atoms with E-state index >= 15 is 0 Å². The fourth-order valence-electron chi connectivity index (χ4n) is 4.05. The van der Waals surface area contributed by atoms with Gasteiger partial charge in [0.15, 0.2) is 11.5 Å². The Hall–Kier alpha value is -4.00. The number of carbonyl (C=O) groups excluding carboxylic acids is 1. The minimum atomic E-state index is -0.279. The van der Waals surface area contributed by atoms with Gasteiger partial charge >= 0.3 is 0 Å². The van der Waals surface area contributed by atoms with Crippen molar-refractivity contribution in [3.05, 3.63) is 83.7 Å². The third-order valence-corrected chi connectivity index (χ3v) is 5.83. The highest BCUT2D eigenvalue weighted by Gasteiger charge is 2.22. The van der Waals surface area contributed by atoms with Crippen LogP contribution in [0.5, 0.6) is 17.2 Å². The molecule has 1 atom stereocenters. The molecule has 0 aliphatic carbocycles. The molecule has 0 saturated carbocycles. The van der Waals surface area contributed by atoms with Crippen LogP contribution in [0.1, 0.15) is 41.1 Å². The molecule has 0 spiro atoms. The van der Waals surface area contributed by atoms with Crippen molar-refractivity contribution in [1.29, 1.82) is 0 Å². The molecule has 0 radical (unpaired) electrons. The maximum atomic E-state index is 13.2. The summed E-state index contributed by atoms with van der Waals surface area (Å²) in [6, 6.07) is 20.8. The van der Waals surface area contributed by atoms with Gasteiger partial charge in [-0.1, -0.05) is 31.2 Å². The fraction of sp³-hybridized carbons (Fsp3) is 0.259. The fourth-order valence-corrected chi connectivity index (χ4v) is 4.05. The van der Waals surface area contributed by atoms with E-state index in [0.29, 0.717) is 30.0 Å². The Morgan fingerprint density at radius 1 is 0.941 bits per heavy atom. The van der Waals surface area contributed by atoms with E-state index in [0.717, 1.165) is 28.2 Å². The molecule has 1 N–H and O–H groups in total. The number of benzene rings is 3. The number of hydrogen-bond acceptors (Lipinski definition) is 5. The third kappa shape index (κ3) is 4.69. The van der Waals surface area contributed by atoms with Gasteiger partial charge in [-0.2, -0.15) is 0 Å². The number of para-hydroxylation sites is 2. The quantitative estimate of drug-likeness (QED) is 0.382. The largest absolute Gasteiger partial charge is 0.497 e. The molecule has 1 aromatic heterocycles. The molecule has 3 aromatic carbocycles. The number of aromatic nitrogens is 2. The summed E-state index contributed by atoms with van der Waals surface area (Å²) in [7, 11) is 4.78. The van der Waals surface area contributed by atoms with Gasteiger partial charge in [0.25, 0.3) is 5.91 Å². The van der Waals surface area contributed by atoms with Gasteiger partial charge in [0.05, 0.1) is 38.4 Å². The first kappa shape index (κ1) is 23.2. The van der Waals surface area contributed by atoms with Gasteiger partial charge in [-0.3, -0.25) is 4.79 Å². The highest BCUT2D eigenvalue weighted by Crippen LogP contribution is 2.29. The Morgan fingerprint density at radius 3 is 2.47 bits per heavy atom. The third-order valence-electron chi connectivity index (χ3n) is 5.83. The normalized spacial score (nSPS) is 11.8. The molecule has 1 heterocycles. The average molecular weight is 460 g/mol. The summed E-state index contributed by atoms with van der Waals surface area (Å²) < 4.78 is 18.2. The Kier molecular flexibility index (Phi) is 7.01. The van der Waals surface area contributed by atoms with Crippen LogP contribution in [0.3, 0.4) is 0 Å². The average Bonchev–Trinajstić information content (AvgIpc) is 3.24. The Morgan fingerprint density at radius 2 is 1.74 bits per heavy atom. The molecule has 0 fully saturated rings. The lowest BCUT2D eigenvalue weighted by Crippen LogP contribution is -2.30. The van der Waals surface area contributed by atoms with Gasteiger partial charge in [0.2, 0.25) is 0 Å². The molecular formula is C27H29N3O4. The van der Waals surface area contributed by atoms with Crippen LogP contribution in [-0.4, -0.2) is 36.8 Å². The van der Waals surface area contributed by atoms with Crippen molar-refractivity contribution in [3.8, 4) is 17.2 Å². The van der Waals surface area contributed by atoms with E-state index in [1.165, 1.54) is 0 Å². The molecule has 0 aliphatic heterocycles. The monoisotopic (exact) mass is 459 g/mol. The molecule has 7 heteroatoms. The van der Waals surface area contributed by atoms with Crippen molar-refractivity contribution >= 4 is 16.9 Å². The van der Waals surface area contributed by atoms with Gasteiger partial charge in [-0.05, 0) is 54.4 Å². The Labute approximate surface area is 199 Å². The molecule has 1 unspecified atom stereocenters. The Balaban J connectivity index is 1.68. The molecule has 4 rings (SSSR count). The van der Waals surface area contributed by atoms with E-state index in [2.05, 4.69) is 22.0 Å². The minimum absolute atomic E-state index is 0.201. The van der Waals surface area contributed by atoms with Crippen LogP contribution in [0.4, 0.5) is 0 Å². The number of nitrogens with one attached hydrogen (secondary N) is 1. The summed E-state index contributed by atoms with van der Waals surface area (Å²) in [6.07, 6.45) is 0.681. The van der Waals surface area contributed by atoms with E-state index in [1.807, 2.05) is 43.3 Å². The molecular weight excluding hydrogens is 430 g/mol. The highest BCUT2D eigenvalue weighted by atomic mass is 16.5. The van der Waals surface area contributed by atoms with Crippen molar-refractivity contribution in [2.45, 2.75) is 25.9 Å². The van der Waals surface area contributed by atoms with Crippen LogP contribution in [0.15, 0.2) is 66.7 Å². The van der Waals surface area contributed by atoms with Crippen LogP contribution in [0.25, 0.3) is 11.0 Å². The van der Waals surface area contributed by atoms with Crippen LogP contribution in [0.2, 0.25) is 0 Å². The summed E-state index contributed by atoms with van der Waals surface area (Å²) >= 11 is 0. The summed E-state index contributed by atoms with van der Waals surface area (Å²) in [4.78, 5) is 18.1. The van der Waals surface area contributed by atoms with E-state index in [4.69, 9.17) is 19.2 Å². The summed E-state index contributed by atoms with van der Waals surface area (Å²) in [5.74, 6) is 2.49. The molecule has 0 aliphatic rings. The number of fused-ring (bicyclic) bond motifs is 1. The molecule has 7 nitrogen and oxygen atoms in total. The molecule has 176 valence electrons. The number of carbonyl (C=O) groups is 1. The van der Waals surface area contributed by atoms with Gasteiger partial charge in [-0.25, -0.2) is 4.98 Å². The molecule has 34 heavy (non-hydrogen) atoms. The summed E-state index contributed by atoms with van der Waals surface area (Å²) in [5.41, 5.74) is 3.48. The maximum absolute atomic E-state index is 13.2. The lowest BCUT2D eigenvalue weighted by molar-refractivity contribution is 0.0932. The van der Waals surface area contributed by atoms with Crippen molar-refractivity contribution in [2.24, 2.45) is 0 Å². The van der Waals surface area contributed by atoms with E-state index in [9.17, 15) is 4.79 Å². The second-order valence-electron chi connectivity index (χ2n) is 7.90.